The summed E-state index contributed by atoms with van der Waals surface area (Å²) in [6.07, 6.45) is 5.46. The van der Waals surface area contributed by atoms with Crippen LogP contribution < -0.4 is 10.6 Å². The molecule has 3 aromatic heterocycles. The van der Waals surface area contributed by atoms with Crippen molar-refractivity contribution in [2.24, 2.45) is 0 Å². The van der Waals surface area contributed by atoms with Gasteiger partial charge >= 0.3 is 0 Å². The summed E-state index contributed by atoms with van der Waals surface area (Å²) in [7, 11) is 0. The first-order valence-corrected chi connectivity index (χ1v) is 9.90. The third-order valence-electron chi connectivity index (χ3n) is 5.09. The number of benzene rings is 1. The van der Waals surface area contributed by atoms with Crippen LogP contribution in [0.4, 0.5) is 11.6 Å². The van der Waals surface area contributed by atoms with Crippen LogP contribution in [0.5, 0.6) is 0 Å². The van der Waals surface area contributed by atoms with E-state index < -0.39 is 0 Å². The molecule has 4 aromatic rings. The minimum absolute atomic E-state index is 0.0422. The van der Waals surface area contributed by atoms with Crippen LogP contribution in [-0.4, -0.2) is 56.5 Å². The van der Waals surface area contributed by atoms with Crippen molar-refractivity contribution in [1.82, 2.24) is 29.7 Å². The first-order chi connectivity index (χ1) is 14.8. The number of hydrogen-bond donors (Lipinski definition) is 2. The van der Waals surface area contributed by atoms with E-state index in [0.29, 0.717) is 11.5 Å². The Balaban J connectivity index is 1.41. The molecule has 1 amide bonds. The number of piperazine rings is 1. The molecule has 0 spiro atoms. The fourth-order valence-corrected chi connectivity index (χ4v) is 3.57. The Morgan fingerprint density at radius 3 is 2.77 bits per heavy atom. The predicted molar refractivity (Wildman–Crippen MR) is 115 cm³/mol. The fraction of sp³-hybridized carbons (Fsp3) is 0.182. The monoisotopic (exact) mass is 399 g/mol. The Hall–Kier alpha value is -3.78. The van der Waals surface area contributed by atoms with E-state index in [2.05, 4.69) is 25.6 Å². The van der Waals surface area contributed by atoms with E-state index in [0.717, 1.165) is 48.7 Å². The summed E-state index contributed by atoms with van der Waals surface area (Å²) < 4.78 is 1.92. The average Bonchev–Trinajstić information content (AvgIpc) is 3.23. The van der Waals surface area contributed by atoms with Crippen LogP contribution in [0.3, 0.4) is 0 Å². The number of carbonyl (C=O) groups is 1. The zero-order valence-corrected chi connectivity index (χ0v) is 16.3. The van der Waals surface area contributed by atoms with Crippen molar-refractivity contribution in [1.29, 1.82) is 0 Å². The van der Waals surface area contributed by atoms with Gasteiger partial charge in [-0.25, -0.2) is 9.97 Å². The Kier molecular flexibility index (Phi) is 4.82. The highest BCUT2D eigenvalue weighted by molar-refractivity contribution is 5.95. The average molecular weight is 399 g/mol. The van der Waals surface area contributed by atoms with Crippen LogP contribution in [0.25, 0.3) is 16.9 Å². The van der Waals surface area contributed by atoms with Gasteiger partial charge in [-0.1, -0.05) is 12.1 Å². The van der Waals surface area contributed by atoms with Crippen LogP contribution in [0, 0.1) is 0 Å². The van der Waals surface area contributed by atoms with Gasteiger partial charge in [0.25, 0.3) is 5.91 Å². The normalized spacial score (nSPS) is 14.1. The van der Waals surface area contributed by atoms with Crippen LogP contribution in [0.1, 0.15) is 10.4 Å². The molecule has 0 radical (unpaired) electrons. The molecule has 0 unspecified atom stereocenters. The van der Waals surface area contributed by atoms with Gasteiger partial charge in [0.05, 0.1) is 0 Å². The van der Waals surface area contributed by atoms with Crippen LogP contribution in [0.2, 0.25) is 0 Å². The molecule has 1 aliphatic rings. The summed E-state index contributed by atoms with van der Waals surface area (Å²) in [6, 6.07) is 15.2. The molecule has 1 aliphatic heterocycles. The van der Waals surface area contributed by atoms with Crippen LogP contribution in [-0.2, 0) is 0 Å². The summed E-state index contributed by atoms with van der Waals surface area (Å²) in [5.74, 6) is 1.30. The molecular weight excluding hydrogens is 378 g/mol. The van der Waals surface area contributed by atoms with E-state index in [1.165, 1.54) is 0 Å². The fourth-order valence-electron chi connectivity index (χ4n) is 3.57. The van der Waals surface area contributed by atoms with Crippen molar-refractivity contribution in [2.45, 2.75) is 0 Å². The third kappa shape index (κ3) is 3.60. The molecule has 0 bridgehead atoms. The summed E-state index contributed by atoms with van der Waals surface area (Å²) >= 11 is 0. The van der Waals surface area contributed by atoms with E-state index in [-0.39, 0.29) is 5.91 Å². The number of hydrogen-bond acceptors (Lipinski definition) is 6. The molecule has 0 aliphatic carbocycles. The standard InChI is InChI=1S/C22H21N7O/c30-21(28-12-9-23-10-13-28)16-4-3-5-18(14-16)26-22-25-15-17-7-11-29(20(17)27-22)19-6-1-2-8-24-19/h1-8,11,14-15,23H,9-10,12-13H2,(H,25,26,27). The molecule has 0 saturated carbocycles. The largest absolute Gasteiger partial charge is 0.336 e. The molecule has 1 fully saturated rings. The maximum atomic E-state index is 12.8. The molecule has 30 heavy (non-hydrogen) atoms. The van der Waals surface area contributed by atoms with E-state index in [4.69, 9.17) is 0 Å². The van der Waals surface area contributed by atoms with Gasteiger partial charge < -0.3 is 15.5 Å². The first kappa shape index (κ1) is 18.3. The maximum absolute atomic E-state index is 12.8. The van der Waals surface area contributed by atoms with Gasteiger partial charge in [0.15, 0.2) is 5.65 Å². The SMILES string of the molecule is O=C(c1cccc(Nc2ncc3ccn(-c4ccccn4)c3n2)c1)N1CCNCC1. The molecule has 4 heterocycles. The Labute approximate surface area is 173 Å². The van der Waals surface area contributed by atoms with Gasteiger partial charge in [0.2, 0.25) is 5.95 Å². The summed E-state index contributed by atoms with van der Waals surface area (Å²) in [6.45, 7) is 3.10. The molecular formula is C22H21N7O. The molecule has 2 N–H and O–H groups in total. The number of aromatic nitrogens is 4. The number of anilines is 2. The highest BCUT2D eigenvalue weighted by Gasteiger charge is 2.18. The lowest BCUT2D eigenvalue weighted by Gasteiger charge is -2.27. The van der Waals surface area contributed by atoms with Crippen molar-refractivity contribution in [3.63, 3.8) is 0 Å². The van der Waals surface area contributed by atoms with Crippen molar-refractivity contribution in [3.05, 3.63) is 72.7 Å². The number of carbonyl (C=O) groups excluding carboxylic acids is 1. The maximum Gasteiger partial charge on any atom is 0.254 e. The summed E-state index contributed by atoms with van der Waals surface area (Å²) in [5, 5.41) is 7.41. The number of rotatable bonds is 4. The molecule has 1 saturated heterocycles. The van der Waals surface area contributed by atoms with Crippen molar-refractivity contribution in [2.75, 3.05) is 31.5 Å². The highest BCUT2D eigenvalue weighted by Crippen LogP contribution is 2.21. The Morgan fingerprint density at radius 2 is 1.93 bits per heavy atom. The third-order valence-corrected chi connectivity index (χ3v) is 5.09. The minimum Gasteiger partial charge on any atom is -0.336 e. The van der Waals surface area contributed by atoms with E-state index in [1.54, 1.807) is 12.4 Å². The van der Waals surface area contributed by atoms with E-state index >= 15 is 0 Å². The number of nitrogens with one attached hydrogen (secondary N) is 2. The summed E-state index contributed by atoms with van der Waals surface area (Å²) in [4.78, 5) is 28.1. The minimum atomic E-state index is 0.0422. The molecule has 5 rings (SSSR count). The lowest BCUT2D eigenvalue weighted by atomic mass is 10.1. The summed E-state index contributed by atoms with van der Waals surface area (Å²) in [5.41, 5.74) is 2.19. The zero-order chi connectivity index (χ0) is 20.3. The Morgan fingerprint density at radius 1 is 1.03 bits per heavy atom. The quantitative estimate of drug-likeness (QED) is 0.549. The van der Waals surface area contributed by atoms with Crippen LogP contribution in [0.15, 0.2) is 67.1 Å². The molecule has 150 valence electrons. The number of amides is 1. The smallest absolute Gasteiger partial charge is 0.254 e. The zero-order valence-electron chi connectivity index (χ0n) is 16.3. The molecule has 8 heteroatoms. The highest BCUT2D eigenvalue weighted by atomic mass is 16.2. The second-order valence-corrected chi connectivity index (χ2v) is 7.09. The number of fused-ring (bicyclic) bond motifs is 1. The molecule has 1 aromatic carbocycles. The van der Waals surface area contributed by atoms with Gasteiger partial charge in [-0.15, -0.1) is 0 Å². The molecule has 8 nitrogen and oxygen atoms in total. The van der Waals surface area contributed by atoms with Crippen LogP contribution >= 0.6 is 0 Å². The van der Waals surface area contributed by atoms with Gasteiger partial charge in [0, 0.05) is 61.4 Å². The lowest BCUT2D eigenvalue weighted by molar-refractivity contribution is 0.0736. The van der Waals surface area contributed by atoms with E-state index in [9.17, 15) is 4.79 Å². The topological polar surface area (TPSA) is 88.0 Å². The predicted octanol–water partition coefficient (Wildman–Crippen LogP) is 2.60. The van der Waals surface area contributed by atoms with Gasteiger partial charge in [0.1, 0.15) is 5.82 Å². The van der Waals surface area contributed by atoms with Crippen molar-refractivity contribution >= 4 is 28.6 Å². The number of pyridine rings is 1. The van der Waals surface area contributed by atoms with Crippen molar-refractivity contribution < 1.29 is 4.79 Å². The second kappa shape index (κ2) is 7.92. The van der Waals surface area contributed by atoms with Crippen molar-refractivity contribution in [3.8, 4) is 5.82 Å². The second-order valence-electron chi connectivity index (χ2n) is 7.09. The van der Waals surface area contributed by atoms with Gasteiger partial charge in [-0.3, -0.25) is 9.36 Å². The number of nitrogens with zero attached hydrogens (tertiary/aromatic N) is 5. The van der Waals surface area contributed by atoms with Gasteiger partial charge in [-0.2, -0.15) is 4.98 Å². The van der Waals surface area contributed by atoms with E-state index in [1.807, 2.05) is 64.2 Å². The van der Waals surface area contributed by atoms with Gasteiger partial charge in [-0.05, 0) is 36.4 Å². The first-order valence-electron chi connectivity index (χ1n) is 9.90. The molecule has 0 atom stereocenters. The Bertz CT molecular complexity index is 1180. The lowest BCUT2D eigenvalue weighted by Crippen LogP contribution is -2.46.